The number of nitrogens with one attached hydrogen (secondary N) is 1. The summed E-state index contributed by atoms with van der Waals surface area (Å²) in [6.07, 6.45) is 0.586. The molecule has 2 amide bonds. The summed E-state index contributed by atoms with van der Waals surface area (Å²) in [5, 5.41) is 2.58. The Kier molecular flexibility index (Phi) is 9.28. The van der Waals surface area contributed by atoms with Crippen LogP contribution in [0, 0.1) is 0 Å². The van der Waals surface area contributed by atoms with Gasteiger partial charge in [-0.3, -0.25) is 13.9 Å². The van der Waals surface area contributed by atoms with Crippen LogP contribution < -0.4 is 9.62 Å². The van der Waals surface area contributed by atoms with E-state index in [1.165, 1.54) is 24.1 Å². The van der Waals surface area contributed by atoms with Gasteiger partial charge in [-0.05, 0) is 54.8 Å². The fourth-order valence-electron chi connectivity index (χ4n) is 3.86. The molecule has 36 heavy (non-hydrogen) atoms. The number of nitrogens with zero attached hydrogens (tertiary/aromatic N) is 2. The molecule has 1 atom stereocenters. The minimum Gasteiger partial charge on any atom is -0.357 e. The van der Waals surface area contributed by atoms with E-state index in [0.717, 1.165) is 19.9 Å². The van der Waals surface area contributed by atoms with Crippen LogP contribution in [-0.2, 0) is 32.6 Å². The number of sulfonamides is 1. The van der Waals surface area contributed by atoms with Gasteiger partial charge in [-0.1, -0.05) is 71.4 Å². The van der Waals surface area contributed by atoms with Crippen molar-refractivity contribution in [2.24, 2.45) is 0 Å². The molecule has 7 nitrogen and oxygen atoms in total. The van der Waals surface area contributed by atoms with Crippen LogP contribution in [0.1, 0.15) is 25.0 Å². The average Bonchev–Trinajstić information content (AvgIpc) is 2.90. The Labute approximate surface area is 221 Å². The van der Waals surface area contributed by atoms with Crippen LogP contribution in [0.4, 0.5) is 5.69 Å². The van der Waals surface area contributed by atoms with E-state index in [-0.39, 0.29) is 17.3 Å². The summed E-state index contributed by atoms with van der Waals surface area (Å²) in [6, 6.07) is 21.8. The summed E-state index contributed by atoms with van der Waals surface area (Å²) in [7, 11) is -2.56. The van der Waals surface area contributed by atoms with E-state index in [1.54, 1.807) is 37.3 Å². The summed E-state index contributed by atoms with van der Waals surface area (Å²) < 4.78 is 29.6. The van der Waals surface area contributed by atoms with Gasteiger partial charge in [0.05, 0.1) is 10.6 Å². The van der Waals surface area contributed by atoms with E-state index in [0.29, 0.717) is 12.1 Å². The third kappa shape index (κ3) is 6.33. The average molecular weight is 573 g/mol. The Morgan fingerprint density at radius 1 is 0.944 bits per heavy atom. The molecule has 0 heterocycles. The van der Waals surface area contributed by atoms with Gasteiger partial charge in [-0.2, -0.15) is 0 Å². The van der Waals surface area contributed by atoms with Crippen LogP contribution >= 0.6 is 15.9 Å². The zero-order valence-corrected chi connectivity index (χ0v) is 22.9. The topological polar surface area (TPSA) is 86.8 Å². The molecule has 0 bridgehead atoms. The molecule has 3 rings (SSSR count). The lowest BCUT2D eigenvalue weighted by molar-refractivity contribution is -0.139. The first-order chi connectivity index (χ1) is 17.2. The molecule has 1 N–H and O–H groups in total. The van der Waals surface area contributed by atoms with Crippen molar-refractivity contribution in [3.05, 3.63) is 94.5 Å². The number of anilines is 1. The summed E-state index contributed by atoms with van der Waals surface area (Å²) in [5.41, 5.74) is 2.05. The lowest BCUT2D eigenvalue weighted by atomic mass is 10.1. The Bertz CT molecular complexity index is 1300. The molecule has 0 aliphatic carbocycles. The summed E-state index contributed by atoms with van der Waals surface area (Å²) >= 11 is 3.40. The molecule has 0 saturated heterocycles. The van der Waals surface area contributed by atoms with Crippen LogP contribution in [0.5, 0.6) is 0 Å². The van der Waals surface area contributed by atoms with Crippen molar-refractivity contribution in [2.75, 3.05) is 17.9 Å². The van der Waals surface area contributed by atoms with Gasteiger partial charge in [-0.15, -0.1) is 0 Å². The van der Waals surface area contributed by atoms with Crippen LogP contribution in [0.15, 0.2) is 88.2 Å². The third-order valence-electron chi connectivity index (χ3n) is 5.93. The summed E-state index contributed by atoms with van der Waals surface area (Å²) in [4.78, 5) is 27.8. The van der Waals surface area contributed by atoms with Gasteiger partial charge in [0.25, 0.3) is 10.0 Å². The van der Waals surface area contributed by atoms with Crippen LogP contribution in [0.2, 0.25) is 0 Å². The van der Waals surface area contributed by atoms with Crippen molar-refractivity contribution < 1.29 is 18.0 Å². The third-order valence-corrected chi connectivity index (χ3v) is 8.23. The Balaban J connectivity index is 2.05. The number of amides is 2. The highest BCUT2D eigenvalue weighted by Crippen LogP contribution is 2.28. The minimum atomic E-state index is -4.07. The second kappa shape index (κ2) is 12.2. The fraction of sp³-hybridized carbons (Fsp3) is 0.259. The van der Waals surface area contributed by atoms with Gasteiger partial charge in [0, 0.05) is 18.1 Å². The molecular weight excluding hydrogens is 542 g/mol. The molecule has 3 aromatic carbocycles. The summed E-state index contributed by atoms with van der Waals surface area (Å²) in [5.74, 6) is -0.827. The van der Waals surface area contributed by atoms with E-state index < -0.39 is 28.5 Å². The number of hydrogen-bond acceptors (Lipinski definition) is 4. The van der Waals surface area contributed by atoms with Crippen molar-refractivity contribution in [1.82, 2.24) is 10.2 Å². The normalized spacial score (nSPS) is 12.0. The number of carbonyl (C=O) groups excluding carboxylic acids is 2. The zero-order valence-electron chi connectivity index (χ0n) is 20.5. The number of aryl methyl sites for hydroxylation is 1. The van der Waals surface area contributed by atoms with Crippen molar-refractivity contribution in [3.63, 3.8) is 0 Å². The maximum Gasteiger partial charge on any atom is 0.264 e. The zero-order chi connectivity index (χ0) is 26.3. The Hall–Kier alpha value is -3.17. The quantitative estimate of drug-likeness (QED) is 0.391. The molecule has 0 spiro atoms. The van der Waals surface area contributed by atoms with Gasteiger partial charge in [0.2, 0.25) is 11.8 Å². The van der Waals surface area contributed by atoms with Gasteiger partial charge in [-0.25, -0.2) is 8.42 Å². The lowest BCUT2D eigenvalue weighted by Crippen LogP contribution is -2.50. The molecule has 9 heteroatoms. The molecule has 0 aromatic heterocycles. The van der Waals surface area contributed by atoms with Gasteiger partial charge < -0.3 is 10.2 Å². The molecular formula is C27H30BrN3O4S. The van der Waals surface area contributed by atoms with Crippen LogP contribution in [0.3, 0.4) is 0 Å². The second-order valence-corrected chi connectivity index (χ2v) is 11.0. The van der Waals surface area contributed by atoms with E-state index >= 15 is 0 Å². The Morgan fingerprint density at radius 3 is 2.17 bits per heavy atom. The predicted octanol–water partition coefficient (Wildman–Crippen LogP) is 4.37. The number of para-hydroxylation sites is 1. The van der Waals surface area contributed by atoms with Gasteiger partial charge >= 0.3 is 0 Å². The van der Waals surface area contributed by atoms with Crippen molar-refractivity contribution in [1.29, 1.82) is 0 Å². The smallest absolute Gasteiger partial charge is 0.264 e. The lowest BCUT2D eigenvalue weighted by Gasteiger charge is -2.32. The number of carbonyl (C=O) groups is 2. The number of halogens is 1. The van der Waals surface area contributed by atoms with Crippen molar-refractivity contribution in [2.45, 2.75) is 37.8 Å². The highest BCUT2D eigenvalue weighted by molar-refractivity contribution is 9.10. The van der Waals surface area contributed by atoms with E-state index in [9.17, 15) is 18.0 Å². The van der Waals surface area contributed by atoms with E-state index in [4.69, 9.17) is 0 Å². The predicted molar refractivity (Wildman–Crippen MR) is 145 cm³/mol. The first-order valence-electron chi connectivity index (χ1n) is 11.6. The maximum absolute atomic E-state index is 13.8. The van der Waals surface area contributed by atoms with E-state index in [1.807, 2.05) is 43.3 Å². The molecule has 3 aromatic rings. The monoisotopic (exact) mass is 571 g/mol. The van der Waals surface area contributed by atoms with Crippen molar-refractivity contribution in [3.8, 4) is 0 Å². The van der Waals surface area contributed by atoms with E-state index in [2.05, 4.69) is 21.2 Å². The van der Waals surface area contributed by atoms with Gasteiger partial charge in [0.15, 0.2) is 0 Å². The van der Waals surface area contributed by atoms with Crippen LogP contribution in [-0.4, -0.2) is 44.8 Å². The number of likely N-dealkylation sites (N-methyl/N-ethyl adjacent to an activating group) is 1. The van der Waals surface area contributed by atoms with Gasteiger partial charge in [0.1, 0.15) is 12.6 Å². The summed E-state index contributed by atoms with van der Waals surface area (Å²) in [6.45, 7) is 3.26. The highest BCUT2D eigenvalue weighted by atomic mass is 79.9. The number of hydrogen-bond donors (Lipinski definition) is 1. The first kappa shape index (κ1) is 27.4. The highest BCUT2D eigenvalue weighted by Gasteiger charge is 2.32. The molecule has 0 aliphatic rings. The molecule has 0 radical (unpaired) electrons. The first-order valence-corrected chi connectivity index (χ1v) is 13.8. The molecule has 0 fully saturated rings. The Morgan fingerprint density at radius 2 is 1.56 bits per heavy atom. The van der Waals surface area contributed by atoms with Crippen LogP contribution in [0.25, 0.3) is 0 Å². The molecule has 0 aliphatic heterocycles. The molecule has 0 unspecified atom stereocenters. The van der Waals surface area contributed by atoms with Crippen molar-refractivity contribution >= 4 is 43.5 Å². The SMILES string of the molecule is CCc1ccccc1N(CC(=O)N(Cc1ccc(Br)cc1)[C@@H](C)C(=O)NC)S(=O)(=O)c1ccccc1. The number of rotatable bonds is 10. The maximum atomic E-state index is 13.8. The standard InChI is InChI=1S/C27H30BrN3O4S/c1-4-22-10-8-9-13-25(22)31(36(34,35)24-11-6-5-7-12-24)19-26(32)30(20(2)27(33)29-3)18-21-14-16-23(28)17-15-21/h5-17,20H,4,18-19H2,1-3H3,(H,29,33)/t20-/m0/s1. The molecule has 190 valence electrons. The minimum absolute atomic E-state index is 0.0857. The second-order valence-electron chi connectivity index (χ2n) is 8.25. The molecule has 0 saturated carbocycles. The fourth-order valence-corrected chi connectivity index (χ4v) is 5.60. The largest absolute Gasteiger partial charge is 0.357 e. The number of benzene rings is 3.